The minimum Gasteiger partial charge on any atom is -0.383 e. The summed E-state index contributed by atoms with van der Waals surface area (Å²) in [5.41, 5.74) is 12.9. The normalized spacial score (nSPS) is 10.8. The van der Waals surface area contributed by atoms with Crippen LogP contribution in [0.2, 0.25) is 0 Å². The number of hydrogen-bond acceptors (Lipinski definition) is 2. The Hall–Kier alpha value is -2.55. The molecule has 0 aliphatic carbocycles. The number of rotatable bonds is 2. The molecule has 0 spiro atoms. The van der Waals surface area contributed by atoms with Crippen LogP contribution < -0.4 is 5.73 Å². The van der Waals surface area contributed by atoms with Crippen LogP contribution >= 0.6 is 0 Å². The summed E-state index contributed by atoms with van der Waals surface area (Å²) in [7, 11) is 1.88. The van der Waals surface area contributed by atoms with Gasteiger partial charge in [-0.25, -0.2) is 0 Å². The molecule has 0 aliphatic heterocycles. The second kappa shape index (κ2) is 5.09. The van der Waals surface area contributed by atoms with Gasteiger partial charge in [-0.1, -0.05) is 47.5 Å². The molecule has 0 amide bonds. The maximum Gasteiger partial charge on any atom is 0.129 e. The lowest BCUT2D eigenvalue weighted by Gasteiger charge is -2.06. The van der Waals surface area contributed by atoms with E-state index in [1.54, 1.807) is 4.68 Å². The van der Waals surface area contributed by atoms with Gasteiger partial charge in [0, 0.05) is 12.6 Å². The molecule has 0 saturated carbocycles. The maximum absolute atomic E-state index is 6.25. The van der Waals surface area contributed by atoms with Crippen molar-refractivity contribution in [3.8, 4) is 22.4 Å². The molecule has 0 fully saturated rings. The number of aryl methyl sites for hydroxylation is 3. The van der Waals surface area contributed by atoms with Gasteiger partial charge in [0.05, 0.1) is 5.56 Å². The van der Waals surface area contributed by atoms with Crippen molar-refractivity contribution < 1.29 is 0 Å². The molecule has 0 radical (unpaired) electrons. The van der Waals surface area contributed by atoms with Crippen LogP contribution in [0.5, 0.6) is 0 Å². The monoisotopic (exact) mass is 277 g/mol. The molecule has 3 aromatic rings. The van der Waals surface area contributed by atoms with Crippen molar-refractivity contribution in [1.29, 1.82) is 0 Å². The van der Waals surface area contributed by atoms with Crippen molar-refractivity contribution in [2.24, 2.45) is 7.05 Å². The van der Waals surface area contributed by atoms with E-state index in [1.807, 2.05) is 25.2 Å². The number of benzene rings is 2. The third-order valence-corrected chi connectivity index (χ3v) is 3.65. The Bertz CT molecular complexity index is 765. The first-order valence-electron chi connectivity index (χ1n) is 7.03. The second-order valence-electron chi connectivity index (χ2n) is 5.47. The van der Waals surface area contributed by atoms with Gasteiger partial charge in [-0.2, -0.15) is 5.10 Å². The summed E-state index contributed by atoms with van der Waals surface area (Å²) in [5.74, 6) is 0.690. The summed E-state index contributed by atoms with van der Waals surface area (Å²) in [6, 6.07) is 16.7. The maximum atomic E-state index is 6.25. The Morgan fingerprint density at radius 2 is 1.52 bits per heavy atom. The molecule has 0 aliphatic rings. The van der Waals surface area contributed by atoms with Gasteiger partial charge in [-0.3, -0.25) is 4.68 Å². The van der Waals surface area contributed by atoms with Crippen LogP contribution in [-0.2, 0) is 7.05 Å². The Morgan fingerprint density at radius 1 is 0.905 bits per heavy atom. The molecule has 1 aromatic heterocycles. The molecule has 0 atom stereocenters. The molecule has 3 heteroatoms. The number of anilines is 1. The van der Waals surface area contributed by atoms with Crippen LogP contribution in [0.25, 0.3) is 22.4 Å². The fourth-order valence-corrected chi connectivity index (χ4v) is 2.74. The van der Waals surface area contributed by atoms with Gasteiger partial charge >= 0.3 is 0 Å². The molecule has 2 aromatic carbocycles. The average Bonchev–Trinajstić information content (AvgIpc) is 2.75. The fraction of sp³-hybridized carbons (Fsp3) is 0.167. The van der Waals surface area contributed by atoms with E-state index in [0.717, 1.165) is 22.4 Å². The minimum atomic E-state index is 0.690. The van der Waals surface area contributed by atoms with Crippen LogP contribution in [0.15, 0.2) is 48.5 Å². The van der Waals surface area contributed by atoms with Crippen molar-refractivity contribution in [3.05, 3.63) is 59.7 Å². The second-order valence-corrected chi connectivity index (χ2v) is 5.47. The van der Waals surface area contributed by atoms with Crippen LogP contribution in [-0.4, -0.2) is 9.78 Å². The van der Waals surface area contributed by atoms with Crippen LogP contribution in [0.1, 0.15) is 11.1 Å². The number of nitrogens with two attached hydrogens (primary N) is 1. The Morgan fingerprint density at radius 3 is 2.14 bits per heavy atom. The summed E-state index contributed by atoms with van der Waals surface area (Å²) in [4.78, 5) is 0. The lowest BCUT2D eigenvalue weighted by Crippen LogP contribution is -1.97. The lowest BCUT2D eigenvalue weighted by molar-refractivity contribution is 0.782. The number of nitrogen functional groups attached to an aromatic ring is 1. The molecule has 3 nitrogen and oxygen atoms in total. The summed E-state index contributed by atoms with van der Waals surface area (Å²) in [6.07, 6.45) is 0. The predicted molar refractivity (Wildman–Crippen MR) is 88.0 cm³/mol. The topological polar surface area (TPSA) is 43.8 Å². The van der Waals surface area contributed by atoms with Gasteiger partial charge in [0.1, 0.15) is 11.5 Å². The van der Waals surface area contributed by atoms with Crippen molar-refractivity contribution in [3.63, 3.8) is 0 Å². The molecule has 0 bridgehead atoms. The molecular formula is C18H19N3. The van der Waals surface area contributed by atoms with Gasteiger partial charge in [0.2, 0.25) is 0 Å². The minimum absolute atomic E-state index is 0.690. The van der Waals surface area contributed by atoms with Gasteiger partial charge in [0.25, 0.3) is 0 Å². The first kappa shape index (κ1) is 13.4. The zero-order valence-electron chi connectivity index (χ0n) is 12.6. The van der Waals surface area contributed by atoms with E-state index in [4.69, 9.17) is 5.73 Å². The van der Waals surface area contributed by atoms with Crippen molar-refractivity contribution in [2.75, 3.05) is 5.73 Å². The fourth-order valence-electron chi connectivity index (χ4n) is 2.74. The molecule has 0 unspecified atom stereocenters. The number of nitrogens with zero attached hydrogens (tertiary/aromatic N) is 2. The zero-order valence-corrected chi connectivity index (χ0v) is 12.6. The standard InChI is InChI=1S/C18H19N3/c1-12-9-13(2)11-15(10-12)17-16(18(19)21(3)20-17)14-7-5-4-6-8-14/h4-11H,19H2,1-3H3. The summed E-state index contributed by atoms with van der Waals surface area (Å²) < 4.78 is 1.75. The van der Waals surface area contributed by atoms with Gasteiger partial charge in [-0.05, 0) is 31.5 Å². The highest BCUT2D eigenvalue weighted by molar-refractivity contribution is 5.88. The summed E-state index contributed by atoms with van der Waals surface area (Å²) >= 11 is 0. The molecular weight excluding hydrogens is 258 g/mol. The first-order valence-corrected chi connectivity index (χ1v) is 7.03. The third-order valence-electron chi connectivity index (χ3n) is 3.65. The smallest absolute Gasteiger partial charge is 0.129 e. The zero-order chi connectivity index (χ0) is 15.0. The lowest BCUT2D eigenvalue weighted by atomic mass is 9.98. The van der Waals surface area contributed by atoms with Gasteiger partial charge < -0.3 is 5.73 Å². The van der Waals surface area contributed by atoms with Crippen molar-refractivity contribution in [1.82, 2.24) is 9.78 Å². The quantitative estimate of drug-likeness (QED) is 0.770. The SMILES string of the molecule is Cc1cc(C)cc(-c2nn(C)c(N)c2-c2ccccc2)c1. The van der Waals surface area contributed by atoms with Gasteiger partial charge in [-0.15, -0.1) is 0 Å². The molecule has 3 rings (SSSR count). The largest absolute Gasteiger partial charge is 0.383 e. The van der Waals surface area contributed by atoms with Crippen molar-refractivity contribution in [2.45, 2.75) is 13.8 Å². The van der Waals surface area contributed by atoms with Crippen LogP contribution in [0, 0.1) is 13.8 Å². The Kier molecular flexibility index (Phi) is 3.26. The summed E-state index contributed by atoms with van der Waals surface area (Å²) in [6.45, 7) is 4.20. The highest BCUT2D eigenvalue weighted by atomic mass is 15.3. The molecule has 0 saturated heterocycles. The highest BCUT2D eigenvalue weighted by Crippen LogP contribution is 2.36. The van der Waals surface area contributed by atoms with E-state index in [1.165, 1.54) is 11.1 Å². The molecule has 2 N–H and O–H groups in total. The Balaban J connectivity index is 2.26. The predicted octanol–water partition coefficient (Wildman–Crippen LogP) is 3.95. The molecule has 106 valence electrons. The van der Waals surface area contributed by atoms with Gasteiger partial charge in [0.15, 0.2) is 0 Å². The Labute approximate surface area is 125 Å². The molecule has 1 heterocycles. The first-order chi connectivity index (χ1) is 10.1. The number of aromatic nitrogens is 2. The highest BCUT2D eigenvalue weighted by Gasteiger charge is 2.17. The third kappa shape index (κ3) is 2.42. The summed E-state index contributed by atoms with van der Waals surface area (Å²) in [5, 5.41) is 4.63. The van der Waals surface area contributed by atoms with E-state index in [-0.39, 0.29) is 0 Å². The van der Waals surface area contributed by atoms with Crippen LogP contribution in [0.3, 0.4) is 0 Å². The van der Waals surface area contributed by atoms with E-state index in [9.17, 15) is 0 Å². The van der Waals surface area contributed by atoms with E-state index < -0.39 is 0 Å². The average molecular weight is 277 g/mol. The van der Waals surface area contributed by atoms with Crippen molar-refractivity contribution >= 4 is 5.82 Å². The van der Waals surface area contributed by atoms with E-state index in [0.29, 0.717) is 5.82 Å². The van der Waals surface area contributed by atoms with Crippen LogP contribution in [0.4, 0.5) is 5.82 Å². The van der Waals surface area contributed by atoms with E-state index in [2.05, 4.69) is 49.3 Å². The molecule has 21 heavy (non-hydrogen) atoms. The van der Waals surface area contributed by atoms with E-state index >= 15 is 0 Å². The number of hydrogen-bond donors (Lipinski definition) is 1.